The van der Waals surface area contributed by atoms with Crippen molar-refractivity contribution in [2.24, 2.45) is 0 Å². The van der Waals surface area contributed by atoms with E-state index >= 15 is 0 Å². The molecule has 0 amide bonds. The Kier molecular flexibility index (Phi) is 2.69. The largest absolute Gasteiger partial charge is 0.275 e. The van der Waals surface area contributed by atoms with Crippen LogP contribution in [0.3, 0.4) is 0 Å². The van der Waals surface area contributed by atoms with E-state index in [0.717, 1.165) is 0 Å². The minimum absolute atomic E-state index is 0.0211. The summed E-state index contributed by atoms with van der Waals surface area (Å²) in [5.74, 6) is 0. The van der Waals surface area contributed by atoms with Crippen LogP contribution in [-0.2, 0) is 0 Å². The van der Waals surface area contributed by atoms with E-state index in [-0.39, 0.29) is 11.3 Å². The number of carbonyl (C=O) groups excluding carboxylic acids is 1. The molecule has 0 aliphatic heterocycles. The lowest BCUT2D eigenvalue weighted by Gasteiger charge is -1.96. The Morgan fingerprint density at radius 3 is 2.92 bits per heavy atom. The lowest BCUT2D eigenvalue weighted by Crippen LogP contribution is -1.96. The summed E-state index contributed by atoms with van der Waals surface area (Å²) in [6, 6.07) is 3.16. The first-order valence-corrected chi connectivity index (χ1v) is 3.76. The molecule has 5 heteroatoms. The van der Waals surface area contributed by atoms with Crippen molar-refractivity contribution in [2.45, 2.75) is 4.90 Å². The Balaban J connectivity index is 3.34. The van der Waals surface area contributed by atoms with Gasteiger partial charge in [0.1, 0.15) is 6.07 Å². The number of nitriles is 1. The maximum absolute atomic E-state index is 10.7. The summed E-state index contributed by atoms with van der Waals surface area (Å²) in [4.78, 5) is 14.9. The Labute approximate surface area is 79.4 Å². The van der Waals surface area contributed by atoms with Gasteiger partial charge in [-0.15, -0.1) is 12.6 Å². The molecule has 0 aromatic carbocycles. The molecule has 0 radical (unpaired) electrons. The molecule has 0 fully saturated rings. The first kappa shape index (κ1) is 9.04. The normalized spacial score (nSPS) is 9.08. The summed E-state index contributed by atoms with van der Waals surface area (Å²) >= 11 is 9.15. The second-order valence-corrected chi connectivity index (χ2v) is 2.83. The third-order valence-electron chi connectivity index (χ3n) is 1.19. The number of carbonyl (C=O) groups is 1. The van der Waals surface area contributed by atoms with Gasteiger partial charge in [0.25, 0.3) is 5.24 Å². The number of thiol groups is 1. The molecule has 1 heterocycles. The van der Waals surface area contributed by atoms with Crippen LogP contribution in [0.5, 0.6) is 0 Å². The topological polar surface area (TPSA) is 53.8 Å². The Morgan fingerprint density at radius 1 is 1.75 bits per heavy atom. The predicted molar refractivity (Wildman–Crippen MR) is 46.4 cm³/mol. The van der Waals surface area contributed by atoms with Gasteiger partial charge in [0, 0.05) is 11.1 Å². The molecule has 1 aromatic heterocycles. The van der Waals surface area contributed by atoms with Gasteiger partial charge in [-0.1, -0.05) is 0 Å². The predicted octanol–water partition coefficient (Wildman–Crippen LogP) is 1.62. The van der Waals surface area contributed by atoms with Crippen molar-refractivity contribution in [1.29, 1.82) is 5.26 Å². The molecule has 0 bridgehead atoms. The van der Waals surface area contributed by atoms with Gasteiger partial charge in [-0.05, 0) is 17.7 Å². The molecular weight excluding hydrogens is 196 g/mol. The molecule has 0 unspecified atom stereocenters. The van der Waals surface area contributed by atoms with Crippen molar-refractivity contribution in [3.05, 3.63) is 23.5 Å². The fourth-order valence-electron chi connectivity index (χ4n) is 0.693. The third kappa shape index (κ3) is 1.76. The Hall–Kier alpha value is -1.05. The van der Waals surface area contributed by atoms with Gasteiger partial charge in [0.15, 0.2) is 5.69 Å². The minimum atomic E-state index is -0.699. The van der Waals surface area contributed by atoms with Crippen molar-refractivity contribution in [3.8, 4) is 6.07 Å². The van der Waals surface area contributed by atoms with Crippen LogP contribution in [0.1, 0.15) is 16.1 Å². The molecule has 60 valence electrons. The summed E-state index contributed by atoms with van der Waals surface area (Å²) in [5, 5.41) is 7.81. The molecule has 1 rings (SSSR count). The van der Waals surface area contributed by atoms with Crippen molar-refractivity contribution in [1.82, 2.24) is 4.98 Å². The van der Waals surface area contributed by atoms with Gasteiger partial charge in [-0.25, -0.2) is 4.98 Å². The molecule has 0 aliphatic rings. The molecule has 0 saturated carbocycles. The zero-order valence-corrected chi connectivity index (χ0v) is 7.43. The fraction of sp³-hybridized carbons (Fsp3) is 0. The highest BCUT2D eigenvalue weighted by atomic mass is 35.5. The van der Waals surface area contributed by atoms with Gasteiger partial charge >= 0.3 is 0 Å². The van der Waals surface area contributed by atoms with Crippen LogP contribution in [0.2, 0.25) is 0 Å². The van der Waals surface area contributed by atoms with Gasteiger partial charge in [0.2, 0.25) is 0 Å². The summed E-state index contributed by atoms with van der Waals surface area (Å²) < 4.78 is 0. The molecule has 12 heavy (non-hydrogen) atoms. The molecule has 0 aliphatic carbocycles. The second kappa shape index (κ2) is 3.57. The van der Waals surface area contributed by atoms with E-state index in [1.165, 1.54) is 12.3 Å². The average Bonchev–Trinajstić information content (AvgIpc) is 2.04. The van der Waals surface area contributed by atoms with Gasteiger partial charge in [-0.2, -0.15) is 5.26 Å². The Morgan fingerprint density at radius 2 is 2.42 bits per heavy atom. The lowest BCUT2D eigenvalue weighted by atomic mass is 10.2. The molecule has 0 spiro atoms. The highest BCUT2D eigenvalue weighted by Crippen LogP contribution is 2.13. The number of hydrogen-bond donors (Lipinski definition) is 1. The van der Waals surface area contributed by atoms with Gasteiger partial charge in [-0.3, -0.25) is 4.79 Å². The maximum Gasteiger partial charge on any atom is 0.255 e. The van der Waals surface area contributed by atoms with Crippen molar-refractivity contribution in [3.63, 3.8) is 0 Å². The van der Waals surface area contributed by atoms with Crippen LogP contribution in [0.25, 0.3) is 0 Å². The van der Waals surface area contributed by atoms with Crippen molar-refractivity contribution >= 4 is 29.5 Å². The molecule has 0 atom stereocenters. The first-order chi connectivity index (χ1) is 5.65. The van der Waals surface area contributed by atoms with E-state index in [1.807, 2.05) is 0 Å². The second-order valence-electron chi connectivity index (χ2n) is 1.98. The van der Waals surface area contributed by atoms with E-state index in [1.54, 1.807) is 6.07 Å². The highest BCUT2D eigenvalue weighted by Gasteiger charge is 2.09. The number of rotatable bonds is 1. The van der Waals surface area contributed by atoms with E-state index in [2.05, 4.69) is 17.6 Å². The first-order valence-electron chi connectivity index (χ1n) is 2.94. The average molecular weight is 199 g/mol. The number of nitrogens with zero attached hydrogens (tertiary/aromatic N) is 2. The zero-order valence-electron chi connectivity index (χ0n) is 5.78. The number of halogens is 1. The number of hydrogen-bond acceptors (Lipinski definition) is 4. The van der Waals surface area contributed by atoms with Gasteiger partial charge in [0.05, 0.1) is 5.56 Å². The monoisotopic (exact) mass is 198 g/mol. The molecule has 1 aromatic rings. The third-order valence-corrected chi connectivity index (χ3v) is 1.64. The van der Waals surface area contributed by atoms with Crippen LogP contribution >= 0.6 is 24.2 Å². The van der Waals surface area contributed by atoms with Crippen LogP contribution in [0, 0.1) is 11.3 Å². The maximum atomic E-state index is 10.7. The Bertz CT molecular complexity index is 372. The zero-order chi connectivity index (χ0) is 9.14. The molecular formula is C7H3ClN2OS. The quantitative estimate of drug-likeness (QED) is 0.551. The summed E-state index contributed by atoms with van der Waals surface area (Å²) in [6.45, 7) is 0. The van der Waals surface area contributed by atoms with Crippen LogP contribution < -0.4 is 0 Å². The summed E-state index contributed by atoms with van der Waals surface area (Å²) in [6.07, 6.45) is 1.38. The minimum Gasteiger partial charge on any atom is -0.275 e. The summed E-state index contributed by atoms with van der Waals surface area (Å²) in [7, 11) is 0. The van der Waals surface area contributed by atoms with E-state index < -0.39 is 5.24 Å². The number of pyridine rings is 1. The van der Waals surface area contributed by atoms with E-state index in [4.69, 9.17) is 16.9 Å². The van der Waals surface area contributed by atoms with Crippen LogP contribution in [-0.4, -0.2) is 10.2 Å². The highest BCUT2D eigenvalue weighted by molar-refractivity contribution is 7.80. The van der Waals surface area contributed by atoms with E-state index in [9.17, 15) is 4.79 Å². The van der Waals surface area contributed by atoms with Crippen molar-refractivity contribution in [2.75, 3.05) is 0 Å². The van der Waals surface area contributed by atoms with Crippen LogP contribution in [0.4, 0.5) is 0 Å². The van der Waals surface area contributed by atoms with Crippen LogP contribution in [0.15, 0.2) is 17.2 Å². The van der Waals surface area contributed by atoms with Gasteiger partial charge < -0.3 is 0 Å². The number of aromatic nitrogens is 1. The molecule has 3 nitrogen and oxygen atoms in total. The fourth-order valence-corrected chi connectivity index (χ4v) is 1.02. The summed E-state index contributed by atoms with van der Waals surface area (Å²) in [5.41, 5.74) is 0.111. The molecule has 0 saturated heterocycles. The molecule has 0 N–H and O–H groups in total. The lowest BCUT2D eigenvalue weighted by molar-refractivity contribution is 0.108. The standard InChI is InChI=1S/C7H3ClN2OS/c8-7(11)5-1-4(12)3-10-6(5)2-9/h1,3,12H. The smallest absolute Gasteiger partial charge is 0.255 e. The van der Waals surface area contributed by atoms with E-state index in [0.29, 0.717) is 4.90 Å². The SMILES string of the molecule is N#Cc1ncc(S)cc1C(=O)Cl. The van der Waals surface area contributed by atoms with Crippen molar-refractivity contribution < 1.29 is 4.79 Å².